The SMILES string of the molecule is CCn1ncc(Cl)c1C(O)c1ccc2ccccc2c1. The van der Waals surface area contributed by atoms with Crippen molar-refractivity contribution in [3.05, 3.63) is 64.9 Å². The molecule has 1 heterocycles. The van der Waals surface area contributed by atoms with E-state index in [0.29, 0.717) is 17.3 Å². The maximum atomic E-state index is 10.6. The van der Waals surface area contributed by atoms with E-state index in [2.05, 4.69) is 11.2 Å². The summed E-state index contributed by atoms with van der Waals surface area (Å²) in [6.45, 7) is 2.65. The summed E-state index contributed by atoms with van der Waals surface area (Å²) in [5.41, 5.74) is 1.46. The Labute approximate surface area is 122 Å². The second kappa shape index (κ2) is 5.27. The van der Waals surface area contributed by atoms with Crippen molar-refractivity contribution in [2.24, 2.45) is 0 Å². The summed E-state index contributed by atoms with van der Waals surface area (Å²) < 4.78 is 1.72. The van der Waals surface area contributed by atoms with E-state index in [0.717, 1.165) is 16.3 Å². The Morgan fingerprint density at radius 2 is 1.95 bits per heavy atom. The fourth-order valence-corrected chi connectivity index (χ4v) is 2.68. The van der Waals surface area contributed by atoms with Crippen molar-refractivity contribution in [2.75, 3.05) is 0 Å². The van der Waals surface area contributed by atoms with E-state index < -0.39 is 6.10 Å². The zero-order valence-corrected chi connectivity index (χ0v) is 11.9. The van der Waals surface area contributed by atoms with Crippen LogP contribution in [0.5, 0.6) is 0 Å². The third-order valence-corrected chi connectivity index (χ3v) is 3.77. The Morgan fingerprint density at radius 1 is 1.20 bits per heavy atom. The van der Waals surface area contributed by atoms with Crippen LogP contribution in [0.2, 0.25) is 5.02 Å². The van der Waals surface area contributed by atoms with Crippen molar-refractivity contribution in [3.8, 4) is 0 Å². The molecular weight excluding hydrogens is 272 g/mol. The van der Waals surface area contributed by atoms with E-state index in [1.807, 2.05) is 43.3 Å². The highest BCUT2D eigenvalue weighted by Gasteiger charge is 2.19. The first-order valence-corrected chi connectivity index (χ1v) is 6.96. The maximum absolute atomic E-state index is 10.6. The lowest BCUT2D eigenvalue weighted by atomic mass is 10.0. The number of halogens is 1. The molecule has 102 valence electrons. The van der Waals surface area contributed by atoms with Crippen molar-refractivity contribution < 1.29 is 5.11 Å². The van der Waals surface area contributed by atoms with Crippen molar-refractivity contribution in [3.63, 3.8) is 0 Å². The highest BCUT2D eigenvalue weighted by atomic mass is 35.5. The molecule has 1 aromatic heterocycles. The lowest BCUT2D eigenvalue weighted by Crippen LogP contribution is -2.09. The summed E-state index contributed by atoms with van der Waals surface area (Å²) >= 11 is 6.14. The minimum atomic E-state index is -0.769. The minimum Gasteiger partial charge on any atom is -0.382 e. The third-order valence-electron chi connectivity index (χ3n) is 3.48. The zero-order valence-electron chi connectivity index (χ0n) is 11.1. The molecule has 1 atom stereocenters. The van der Waals surface area contributed by atoms with Gasteiger partial charge in [0.1, 0.15) is 6.10 Å². The molecule has 3 rings (SSSR count). The summed E-state index contributed by atoms with van der Waals surface area (Å²) in [5.74, 6) is 0. The van der Waals surface area contributed by atoms with Gasteiger partial charge in [0.15, 0.2) is 0 Å². The highest BCUT2D eigenvalue weighted by molar-refractivity contribution is 6.31. The lowest BCUT2D eigenvalue weighted by molar-refractivity contribution is 0.208. The second-order valence-electron chi connectivity index (χ2n) is 4.70. The second-order valence-corrected chi connectivity index (χ2v) is 5.11. The number of hydrogen-bond acceptors (Lipinski definition) is 2. The lowest BCUT2D eigenvalue weighted by Gasteiger charge is -2.14. The first kappa shape index (κ1) is 13.2. The Hall–Kier alpha value is -1.84. The number of rotatable bonds is 3. The molecule has 0 spiro atoms. The van der Waals surface area contributed by atoms with E-state index >= 15 is 0 Å². The quantitative estimate of drug-likeness (QED) is 0.795. The predicted molar refractivity (Wildman–Crippen MR) is 80.9 cm³/mol. The van der Waals surface area contributed by atoms with Gasteiger partial charge >= 0.3 is 0 Å². The van der Waals surface area contributed by atoms with Gasteiger partial charge in [-0.05, 0) is 29.3 Å². The van der Waals surface area contributed by atoms with Crippen molar-refractivity contribution in [2.45, 2.75) is 19.6 Å². The van der Waals surface area contributed by atoms with Crippen LogP contribution in [0.1, 0.15) is 24.3 Å². The number of hydrogen-bond donors (Lipinski definition) is 1. The van der Waals surface area contributed by atoms with Crippen LogP contribution >= 0.6 is 11.6 Å². The van der Waals surface area contributed by atoms with Gasteiger partial charge in [-0.3, -0.25) is 4.68 Å². The van der Waals surface area contributed by atoms with E-state index in [1.165, 1.54) is 0 Å². The normalized spacial score (nSPS) is 12.8. The molecule has 0 fully saturated rings. The van der Waals surface area contributed by atoms with Gasteiger partial charge in [0.2, 0.25) is 0 Å². The molecule has 2 aromatic carbocycles. The van der Waals surface area contributed by atoms with Crippen LogP contribution in [-0.4, -0.2) is 14.9 Å². The van der Waals surface area contributed by atoms with Crippen LogP contribution in [0, 0.1) is 0 Å². The summed E-state index contributed by atoms with van der Waals surface area (Å²) in [5, 5.41) is 17.5. The fraction of sp³-hybridized carbons (Fsp3) is 0.188. The Balaban J connectivity index is 2.07. The molecule has 0 radical (unpaired) electrons. The molecule has 3 aromatic rings. The van der Waals surface area contributed by atoms with Gasteiger partial charge in [-0.25, -0.2) is 0 Å². The first-order valence-electron chi connectivity index (χ1n) is 6.58. The van der Waals surface area contributed by atoms with Crippen molar-refractivity contribution in [1.82, 2.24) is 9.78 Å². The molecule has 0 amide bonds. The number of nitrogens with zero attached hydrogens (tertiary/aromatic N) is 2. The number of aromatic nitrogens is 2. The molecule has 0 aliphatic carbocycles. The van der Waals surface area contributed by atoms with Gasteiger partial charge in [0.25, 0.3) is 0 Å². The van der Waals surface area contributed by atoms with E-state index in [9.17, 15) is 5.11 Å². The predicted octanol–water partition coefficient (Wildman–Crippen LogP) is 3.79. The summed E-state index contributed by atoms with van der Waals surface area (Å²) in [4.78, 5) is 0. The summed E-state index contributed by atoms with van der Waals surface area (Å²) in [6.07, 6.45) is 0.805. The van der Waals surface area contributed by atoms with Crippen molar-refractivity contribution >= 4 is 22.4 Å². The summed E-state index contributed by atoms with van der Waals surface area (Å²) in [6, 6.07) is 14.0. The molecule has 0 saturated heterocycles. The zero-order chi connectivity index (χ0) is 14.1. The number of aryl methyl sites for hydroxylation is 1. The monoisotopic (exact) mass is 286 g/mol. The van der Waals surface area contributed by atoms with Crippen LogP contribution in [0.4, 0.5) is 0 Å². The van der Waals surface area contributed by atoms with Crippen LogP contribution in [-0.2, 0) is 6.54 Å². The molecule has 0 aliphatic rings. The molecule has 3 nitrogen and oxygen atoms in total. The van der Waals surface area contributed by atoms with Gasteiger partial charge in [0.05, 0.1) is 16.9 Å². The molecule has 20 heavy (non-hydrogen) atoms. The number of benzene rings is 2. The van der Waals surface area contributed by atoms with Gasteiger partial charge < -0.3 is 5.11 Å². The van der Waals surface area contributed by atoms with Gasteiger partial charge in [-0.1, -0.05) is 48.0 Å². The molecule has 0 aliphatic heterocycles. The number of fused-ring (bicyclic) bond motifs is 1. The maximum Gasteiger partial charge on any atom is 0.122 e. The minimum absolute atomic E-state index is 0.493. The number of aliphatic hydroxyl groups is 1. The van der Waals surface area contributed by atoms with Gasteiger partial charge in [-0.2, -0.15) is 5.10 Å². The number of aliphatic hydroxyl groups excluding tert-OH is 1. The molecule has 4 heteroatoms. The van der Waals surface area contributed by atoms with E-state index in [-0.39, 0.29) is 0 Å². The Kier molecular flexibility index (Phi) is 3.47. The van der Waals surface area contributed by atoms with Crippen molar-refractivity contribution in [1.29, 1.82) is 0 Å². The molecule has 0 bridgehead atoms. The molecular formula is C16H15ClN2O. The van der Waals surface area contributed by atoms with Gasteiger partial charge in [-0.15, -0.1) is 0 Å². The van der Waals surface area contributed by atoms with E-state index in [1.54, 1.807) is 10.9 Å². The fourth-order valence-electron chi connectivity index (χ4n) is 2.43. The third kappa shape index (κ3) is 2.19. The largest absolute Gasteiger partial charge is 0.382 e. The van der Waals surface area contributed by atoms with Gasteiger partial charge in [0, 0.05) is 6.54 Å². The van der Waals surface area contributed by atoms with Crippen LogP contribution < -0.4 is 0 Å². The first-order chi connectivity index (χ1) is 9.70. The topological polar surface area (TPSA) is 38.0 Å². The molecule has 0 saturated carbocycles. The van der Waals surface area contributed by atoms with Crippen LogP contribution in [0.15, 0.2) is 48.7 Å². The highest BCUT2D eigenvalue weighted by Crippen LogP contribution is 2.29. The molecule has 1 unspecified atom stereocenters. The van der Waals surface area contributed by atoms with Crippen LogP contribution in [0.3, 0.4) is 0 Å². The Morgan fingerprint density at radius 3 is 2.70 bits per heavy atom. The summed E-state index contributed by atoms with van der Waals surface area (Å²) in [7, 11) is 0. The van der Waals surface area contributed by atoms with E-state index in [4.69, 9.17) is 11.6 Å². The molecule has 1 N–H and O–H groups in total. The Bertz CT molecular complexity index is 751. The standard InChI is InChI=1S/C16H15ClN2O/c1-2-19-15(14(17)10-18-19)16(20)13-8-7-11-5-3-4-6-12(11)9-13/h3-10,16,20H,2H2,1H3. The smallest absolute Gasteiger partial charge is 0.122 e. The average Bonchev–Trinajstić information content (AvgIpc) is 2.87. The average molecular weight is 287 g/mol. The van der Waals surface area contributed by atoms with Crippen LogP contribution in [0.25, 0.3) is 10.8 Å².